The number of nitrogens with one attached hydrogen (secondary N) is 2. The molecule has 9 nitrogen and oxygen atoms in total. The van der Waals surface area contributed by atoms with Crippen LogP contribution in [-0.2, 0) is 14.8 Å². The molecule has 0 unspecified atom stereocenters. The minimum atomic E-state index is -3.90. The Kier molecular flexibility index (Phi) is 7.08. The molecular formula is C22H24ClN5O4S. The molecule has 11 heteroatoms. The van der Waals surface area contributed by atoms with E-state index in [-0.39, 0.29) is 34.2 Å². The lowest BCUT2D eigenvalue weighted by Gasteiger charge is -2.16. The van der Waals surface area contributed by atoms with Gasteiger partial charge in [-0.05, 0) is 55.7 Å². The van der Waals surface area contributed by atoms with Crippen LogP contribution >= 0.6 is 11.6 Å². The lowest BCUT2D eigenvalue weighted by atomic mass is 10.1. The highest BCUT2D eigenvalue weighted by atomic mass is 35.5. The van der Waals surface area contributed by atoms with E-state index in [1.165, 1.54) is 24.5 Å². The van der Waals surface area contributed by atoms with Gasteiger partial charge in [-0.25, -0.2) is 22.8 Å². The van der Waals surface area contributed by atoms with Gasteiger partial charge in [0.2, 0.25) is 10.0 Å². The largest absolute Gasteiger partial charge is 0.377 e. The first-order chi connectivity index (χ1) is 15.8. The first kappa shape index (κ1) is 23.4. The van der Waals surface area contributed by atoms with Crippen LogP contribution in [0.25, 0.3) is 5.69 Å². The molecule has 2 heterocycles. The quantitative estimate of drug-likeness (QED) is 0.502. The molecule has 3 aromatic rings. The van der Waals surface area contributed by atoms with E-state index < -0.39 is 15.9 Å². The summed E-state index contributed by atoms with van der Waals surface area (Å²) >= 11 is 6.15. The van der Waals surface area contributed by atoms with E-state index in [0.29, 0.717) is 6.61 Å². The van der Waals surface area contributed by atoms with Gasteiger partial charge in [-0.15, -0.1) is 0 Å². The number of nitrogens with zero attached hydrogens (tertiary/aromatic N) is 3. The van der Waals surface area contributed by atoms with Crippen molar-refractivity contribution in [1.29, 1.82) is 0 Å². The van der Waals surface area contributed by atoms with Crippen molar-refractivity contribution >= 4 is 27.5 Å². The Morgan fingerprint density at radius 3 is 2.73 bits per heavy atom. The minimum absolute atomic E-state index is 0.0446. The van der Waals surface area contributed by atoms with Crippen LogP contribution in [0.2, 0.25) is 5.02 Å². The summed E-state index contributed by atoms with van der Waals surface area (Å²) in [4.78, 5) is 16.6. The van der Waals surface area contributed by atoms with E-state index in [0.717, 1.165) is 24.1 Å². The van der Waals surface area contributed by atoms with Crippen LogP contribution in [0.5, 0.6) is 0 Å². The molecule has 0 aliphatic carbocycles. The lowest BCUT2D eigenvalue weighted by Crippen LogP contribution is -2.32. The van der Waals surface area contributed by atoms with E-state index in [4.69, 9.17) is 16.3 Å². The molecule has 0 bridgehead atoms. The number of rotatable bonds is 8. The van der Waals surface area contributed by atoms with Crippen LogP contribution in [0.4, 0.5) is 0 Å². The van der Waals surface area contributed by atoms with Crippen molar-refractivity contribution in [3.8, 4) is 5.69 Å². The SMILES string of the molecule is C[C@H](NC(=O)c1ccc(Cl)c(S(=O)(=O)NC[C@H]2CCCO2)c1)c1ccc(-n2cncn2)cc1. The zero-order valence-corrected chi connectivity index (χ0v) is 19.5. The number of ether oxygens (including phenoxy) is 1. The molecule has 2 N–H and O–H groups in total. The molecule has 0 spiro atoms. The molecule has 1 aromatic heterocycles. The van der Waals surface area contributed by atoms with Crippen LogP contribution in [0.3, 0.4) is 0 Å². The molecular weight excluding hydrogens is 466 g/mol. The monoisotopic (exact) mass is 489 g/mol. The predicted molar refractivity (Wildman–Crippen MR) is 123 cm³/mol. The second-order valence-corrected chi connectivity index (χ2v) is 9.90. The van der Waals surface area contributed by atoms with Gasteiger partial charge in [0.25, 0.3) is 5.91 Å². The third-order valence-electron chi connectivity index (χ3n) is 5.43. The standard InChI is InChI=1S/C22H24ClN5O4S/c1-15(16-4-7-18(8-5-16)28-14-24-13-25-28)27-22(29)17-6-9-20(23)21(11-17)33(30,31)26-12-19-3-2-10-32-19/h4-9,11,13-15,19,26H,2-3,10,12H2,1H3,(H,27,29)/t15-,19+/m0/s1. The van der Waals surface area contributed by atoms with Crippen LogP contribution in [0.15, 0.2) is 60.0 Å². The zero-order chi connectivity index (χ0) is 23.4. The Morgan fingerprint density at radius 2 is 2.06 bits per heavy atom. The molecule has 4 rings (SSSR count). The van der Waals surface area contributed by atoms with Gasteiger partial charge in [0.05, 0.1) is 22.9 Å². The summed E-state index contributed by atoms with van der Waals surface area (Å²) < 4.78 is 35.1. The molecule has 1 aliphatic heterocycles. The Labute approximate surface area is 197 Å². The first-order valence-corrected chi connectivity index (χ1v) is 12.4. The molecule has 33 heavy (non-hydrogen) atoms. The Balaban J connectivity index is 1.44. The highest BCUT2D eigenvalue weighted by molar-refractivity contribution is 7.89. The third kappa shape index (κ3) is 5.59. The summed E-state index contributed by atoms with van der Waals surface area (Å²) in [6.07, 6.45) is 4.61. The van der Waals surface area contributed by atoms with Crippen molar-refractivity contribution in [1.82, 2.24) is 24.8 Å². The molecule has 2 aromatic carbocycles. The maximum absolute atomic E-state index is 12.8. The van der Waals surface area contributed by atoms with Crippen molar-refractivity contribution in [2.45, 2.75) is 36.8 Å². The van der Waals surface area contributed by atoms with Crippen molar-refractivity contribution in [3.63, 3.8) is 0 Å². The molecule has 0 saturated carbocycles. The van der Waals surface area contributed by atoms with Crippen LogP contribution in [-0.4, -0.2) is 48.3 Å². The molecule has 1 amide bonds. The van der Waals surface area contributed by atoms with E-state index >= 15 is 0 Å². The number of benzene rings is 2. The average molecular weight is 490 g/mol. The number of sulfonamides is 1. The average Bonchev–Trinajstić information content (AvgIpc) is 3.52. The smallest absolute Gasteiger partial charge is 0.251 e. The summed E-state index contributed by atoms with van der Waals surface area (Å²) in [5.41, 5.74) is 1.92. The highest BCUT2D eigenvalue weighted by Gasteiger charge is 2.24. The second-order valence-electron chi connectivity index (χ2n) is 7.76. The Hall–Kier alpha value is -2.79. The highest BCUT2D eigenvalue weighted by Crippen LogP contribution is 2.24. The van der Waals surface area contributed by atoms with Gasteiger partial charge >= 0.3 is 0 Å². The number of hydrogen-bond donors (Lipinski definition) is 2. The number of halogens is 1. The number of aromatic nitrogens is 3. The topological polar surface area (TPSA) is 115 Å². The van der Waals surface area contributed by atoms with Crippen molar-refractivity contribution in [2.24, 2.45) is 0 Å². The summed E-state index contributed by atoms with van der Waals surface area (Å²) in [5.74, 6) is -0.407. The molecule has 1 aliphatic rings. The number of carbonyl (C=O) groups excluding carboxylic acids is 1. The Bertz CT molecular complexity index is 1210. The van der Waals surface area contributed by atoms with Gasteiger partial charge in [0.1, 0.15) is 17.6 Å². The minimum Gasteiger partial charge on any atom is -0.377 e. The van der Waals surface area contributed by atoms with Gasteiger partial charge < -0.3 is 10.1 Å². The zero-order valence-electron chi connectivity index (χ0n) is 17.9. The van der Waals surface area contributed by atoms with E-state index in [2.05, 4.69) is 20.1 Å². The van der Waals surface area contributed by atoms with Crippen LogP contribution in [0.1, 0.15) is 41.7 Å². The fraction of sp³-hybridized carbons (Fsp3) is 0.318. The van der Waals surface area contributed by atoms with Crippen molar-refractivity contribution in [2.75, 3.05) is 13.2 Å². The van der Waals surface area contributed by atoms with E-state index in [1.807, 2.05) is 31.2 Å². The predicted octanol–water partition coefficient (Wildman–Crippen LogP) is 2.87. The maximum Gasteiger partial charge on any atom is 0.251 e. The molecule has 1 saturated heterocycles. The summed E-state index contributed by atoms with van der Waals surface area (Å²) in [6.45, 7) is 2.64. The van der Waals surface area contributed by atoms with Gasteiger partial charge in [-0.1, -0.05) is 23.7 Å². The van der Waals surface area contributed by atoms with Crippen molar-refractivity contribution < 1.29 is 17.9 Å². The molecule has 2 atom stereocenters. The van der Waals surface area contributed by atoms with Crippen LogP contribution < -0.4 is 10.0 Å². The van der Waals surface area contributed by atoms with Gasteiger partial charge in [0, 0.05) is 18.7 Å². The summed E-state index contributed by atoms with van der Waals surface area (Å²) in [5, 5.41) is 7.02. The molecule has 0 radical (unpaired) electrons. The summed E-state index contributed by atoms with van der Waals surface area (Å²) in [7, 11) is -3.90. The van der Waals surface area contributed by atoms with Gasteiger partial charge in [-0.3, -0.25) is 4.79 Å². The number of amides is 1. The molecule has 174 valence electrons. The fourth-order valence-electron chi connectivity index (χ4n) is 3.56. The van der Waals surface area contributed by atoms with Crippen LogP contribution in [0, 0.1) is 0 Å². The Morgan fingerprint density at radius 1 is 1.27 bits per heavy atom. The van der Waals surface area contributed by atoms with Gasteiger partial charge in [-0.2, -0.15) is 5.10 Å². The van der Waals surface area contributed by atoms with E-state index in [1.54, 1.807) is 11.0 Å². The van der Waals surface area contributed by atoms with Gasteiger partial charge in [0.15, 0.2) is 0 Å². The number of carbonyl (C=O) groups is 1. The van der Waals surface area contributed by atoms with E-state index in [9.17, 15) is 13.2 Å². The first-order valence-electron chi connectivity index (χ1n) is 10.5. The third-order valence-corrected chi connectivity index (χ3v) is 7.34. The second kappa shape index (κ2) is 10.0. The fourth-order valence-corrected chi connectivity index (χ4v) is 5.15. The maximum atomic E-state index is 12.8. The van der Waals surface area contributed by atoms with Crippen molar-refractivity contribution in [3.05, 3.63) is 71.3 Å². The normalized spacial score (nSPS) is 17.1. The summed E-state index contributed by atoms with van der Waals surface area (Å²) in [6, 6.07) is 11.4. The lowest BCUT2D eigenvalue weighted by molar-refractivity contribution is 0.0939. The molecule has 1 fully saturated rings. The number of hydrogen-bond acceptors (Lipinski definition) is 6.